The maximum Gasteiger partial charge on any atom is 0.279 e. The van der Waals surface area contributed by atoms with E-state index in [1.807, 2.05) is 13.8 Å². The monoisotopic (exact) mass is 250 g/mol. The van der Waals surface area contributed by atoms with Crippen LogP contribution in [-0.2, 0) is 10.2 Å². The van der Waals surface area contributed by atoms with Gasteiger partial charge in [0.2, 0.25) is 0 Å². The zero-order valence-electron chi connectivity index (χ0n) is 10.0. The van der Waals surface area contributed by atoms with Gasteiger partial charge in [-0.1, -0.05) is 13.3 Å². The summed E-state index contributed by atoms with van der Waals surface area (Å²) in [4.78, 5) is 0. The van der Waals surface area contributed by atoms with Gasteiger partial charge in [0.05, 0.1) is 6.10 Å². The Labute approximate surface area is 98.0 Å². The van der Waals surface area contributed by atoms with Crippen LogP contribution in [-0.4, -0.2) is 43.1 Å². The van der Waals surface area contributed by atoms with Crippen molar-refractivity contribution in [1.29, 1.82) is 0 Å². The van der Waals surface area contributed by atoms with Crippen LogP contribution in [0.3, 0.4) is 0 Å². The molecule has 2 N–H and O–H groups in total. The molecule has 0 aromatic carbocycles. The third-order valence-corrected chi connectivity index (χ3v) is 4.71. The van der Waals surface area contributed by atoms with Crippen LogP contribution >= 0.6 is 0 Å². The number of piperidine rings is 1. The van der Waals surface area contributed by atoms with Gasteiger partial charge in [-0.15, -0.1) is 0 Å². The summed E-state index contributed by atoms with van der Waals surface area (Å²) in [5.74, 6) is 0. The highest BCUT2D eigenvalue weighted by atomic mass is 32.2. The fraction of sp³-hybridized carbons (Fsp3) is 1.00. The van der Waals surface area contributed by atoms with Gasteiger partial charge in [-0.25, -0.2) is 0 Å². The Morgan fingerprint density at radius 3 is 2.75 bits per heavy atom. The fourth-order valence-corrected chi connectivity index (χ4v) is 3.38. The molecule has 0 aromatic heterocycles. The second kappa shape index (κ2) is 5.95. The minimum atomic E-state index is -3.41. The van der Waals surface area contributed by atoms with Crippen molar-refractivity contribution in [2.45, 2.75) is 51.7 Å². The van der Waals surface area contributed by atoms with E-state index in [4.69, 9.17) is 0 Å². The van der Waals surface area contributed by atoms with Gasteiger partial charge in [-0.2, -0.15) is 17.4 Å². The first-order chi connectivity index (χ1) is 7.47. The number of hydrogen-bond donors (Lipinski definition) is 2. The molecule has 1 aliphatic heterocycles. The molecule has 0 bridgehead atoms. The first-order valence-corrected chi connectivity index (χ1v) is 7.36. The highest BCUT2D eigenvalue weighted by Crippen LogP contribution is 2.18. The van der Waals surface area contributed by atoms with Gasteiger partial charge in [0, 0.05) is 19.1 Å². The van der Waals surface area contributed by atoms with E-state index < -0.39 is 16.3 Å². The van der Waals surface area contributed by atoms with E-state index in [2.05, 4.69) is 4.72 Å². The van der Waals surface area contributed by atoms with E-state index in [0.717, 1.165) is 19.3 Å². The SMILES string of the molecule is CCC(O)CNS(=O)(=O)N1CCCCC1C. The van der Waals surface area contributed by atoms with E-state index in [1.54, 1.807) is 0 Å². The van der Waals surface area contributed by atoms with Crippen molar-refractivity contribution in [3.8, 4) is 0 Å². The van der Waals surface area contributed by atoms with Crippen LogP contribution in [0.1, 0.15) is 39.5 Å². The van der Waals surface area contributed by atoms with Crippen molar-refractivity contribution >= 4 is 10.2 Å². The Morgan fingerprint density at radius 1 is 1.50 bits per heavy atom. The number of nitrogens with one attached hydrogen (secondary N) is 1. The molecular weight excluding hydrogens is 228 g/mol. The molecule has 1 rings (SSSR count). The van der Waals surface area contributed by atoms with Crippen molar-refractivity contribution in [3.05, 3.63) is 0 Å². The van der Waals surface area contributed by atoms with Gasteiger partial charge in [0.25, 0.3) is 10.2 Å². The van der Waals surface area contributed by atoms with Crippen molar-refractivity contribution < 1.29 is 13.5 Å². The molecule has 0 radical (unpaired) electrons. The molecule has 6 heteroatoms. The number of aliphatic hydroxyl groups excluding tert-OH is 1. The molecule has 1 heterocycles. The number of nitrogens with zero attached hydrogens (tertiary/aromatic N) is 1. The van der Waals surface area contributed by atoms with Crippen LogP contribution in [0.25, 0.3) is 0 Å². The second-order valence-electron chi connectivity index (χ2n) is 4.37. The quantitative estimate of drug-likeness (QED) is 0.745. The lowest BCUT2D eigenvalue weighted by atomic mass is 10.1. The zero-order chi connectivity index (χ0) is 12.2. The molecule has 96 valence electrons. The topological polar surface area (TPSA) is 69.6 Å². The van der Waals surface area contributed by atoms with Crippen LogP contribution in [0.4, 0.5) is 0 Å². The predicted molar refractivity (Wildman–Crippen MR) is 63.2 cm³/mol. The van der Waals surface area contributed by atoms with Gasteiger partial charge in [-0.3, -0.25) is 0 Å². The molecule has 16 heavy (non-hydrogen) atoms. The molecule has 1 fully saturated rings. The van der Waals surface area contributed by atoms with Gasteiger partial charge < -0.3 is 5.11 Å². The summed E-state index contributed by atoms with van der Waals surface area (Å²) < 4.78 is 27.8. The molecule has 1 saturated heterocycles. The van der Waals surface area contributed by atoms with Crippen molar-refractivity contribution in [2.75, 3.05) is 13.1 Å². The molecule has 5 nitrogen and oxygen atoms in total. The van der Waals surface area contributed by atoms with Crippen LogP contribution in [0.2, 0.25) is 0 Å². The lowest BCUT2D eigenvalue weighted by Crippen LogP contribution is -2.49. The number of rotatable bonds is 5. The summed E-state index contributed by atoms with van der Waals surface area (Å²) in [6.07, 6.45) is 2.87. The van der Waals surface area contributed by atoms with E-state index in [9.17, 15) is 13.5 Å². The molecule has 0 saturated carbocycles. The van der Waals surface area contributed by atoms with Gasteiger partial charge in [0.15, 0.2) is 0 Å². The van der Waals surface area contributed by atoms with Gasteiger partial charge in [0.1, 0.15) is 0 Å². The standard InChI is InChI=1S/C10H22N2O3S/c1-3-10(13)8-11-16(14,15)12-7-5-4-6-9(12)2/h9-11,13H,3-8H2,1-2H3. The Bertz CT molecular complexity index is 305. The van der Waals surface area contributed by atoms with Crippen molar-refractivity contribution in [3.63, 3.8) is 0 Å². The van der Waals surface area contributed by atoms with Gasteiger partial charge in [-0.05, 0) is 26.2 Å². The third-order valence-electron chi connectivity index (χ3n) is 3.02. The minimum absolute atomic E-state index is 0.0602. The predicted octanol–water partition coefficient (Wildman–Crippen LogP) is 0.466. The molecule has 0 aliphatic carbocycles. The van der Waals surface area contributed by atoms with E-state index in [0.29, 0.717) is 13.0 Å². The molecule has 0 aromatic rings. The van der Waals surface area contributed by atoms with Crippen LogP contribution < -0.4 is 4.72 Å². The summed E-state index contributed by atoms with van der Waals surface area (Å²) in [6, 6.07) is 0.0602. The summed E-state index contributed by atoms with van der Waals surface area (Å²) >= 11 is 0. The lowest BCUT2D eigenvalue weighted by molar-refractivity contribution is 0.172. The van der Waals surface area contributed by atoms with Crippen LogP contribution in [0.15, 0.2) is 0 Å². The third kappa shape index (κ3) is 3.69. The molecule has 2 atom stereocenters. The van der Waals surface area contributed by atoms with E-state index in [-0.39, 0.29) is 12.6 Å². The van der Waals surface area contributed by atoms with E-state index in [1.165, 1.54) is 4.31 Å². The Kier molecular flexibility index (Phi) is 5.17. The highest BCUT2D eigenvalue weighted by Gasteiger charge is 2.29. The molecule has 1 aliphatic rings. The van der Waals surface area contributed by atoms with Gasteiger partial charge >= 0.3 is 0 Å². The Morgan fingerprint density at radius 2 is 2.19 bits per heavy atom. The lowest BCUT2D eigenvalue weighted by Gasteiger charge is -2.32. The largest absolute Gasteiger partial charge is 0.392 e. The summed E-state index contributed by atoms with van der Waals surface area (Å²) in [5.41, 5.74) is 0. The average molecular weight is 250 g/mol. The number of hydrogen-bond acceptors (Lipinski definition) is 3. The van der Waals surface area contributed by atoms with E-state index >= 15 is 0 Å². The van der Waals surface area contributed by atoms with Crippen molar-refractivity contribution in [2.24, 2.45) is 0 Å². The highest BCUT2D eigenvalue weighted by molar-refractivity contribution is 7.87. The molecule has 0 amide bonds. The smallest absolute Gasteiger partial charge is 0.279 e. The summed E-state index contributed by atoms with van der Waals surface area (Å²) in [5, 5.41) is 9.34. The summed E-state index contributed by atoms with van der Waals surface area (Å²) in [7, 11) is -3.41. The van der Waals surface area contributed by atoms with Crippen LogP contribution in [0, 0.1) is 0 Å². The maximum atomic E-state index is 11.9. The first kappa shape index (κ1) is 13.9. The Hall–Kier alpha value is -0.170. The van der Waals surface area contributed by atoms with Crippen LogP contribution in [0.5, 0.6) is 0 Å². The molecule has 0 spiro atoms. The fourth-order valence-electron chi connectivity index (χ4n) is 1.86. The Balaban J connectivity index is 2.55. The number of aliphatic hydroxyl groups is 1. The zero-order valence-corrected chi connectivity index (χ0v) is 10.8. The summed E-state index contributed by atoms with van der Waals surface area (Å²) in [6.45, 7) is 4.43. The van der Waals surface area contributed by atoms with Crippen molar-refractivity contribution in [1.82, 2.24) is 9.03 Å². The second-order valence-corrected chi connectivity index (χ2v) is 6.08. The molecular formula is C10H22N2O3S. The first-order valence-electron chi connectivity index (χ1n) is 5.92. The maximum absolute atomic E-state index is 11.9. The molecule has 2 unspecified atom stereocenters. The normalized spacial score (nSPS) is 25.6. The average Bonchev–Trinajstić information content (AvgIpc) is 2.26. The minimum Gasteiger partial charge on any atom is -0.392 e.